The Labute approximate surface area is 117 Å². The molecular formula is C12H21N5OS. The van der Waals surface area contributed by atoms with Crippen LogP contribution in [0.5, 0.6) is 0 Å². The predicted octanol–water partition coefficient (Wildman–Crippen LogP) is 0.791. The molecule has 7 heteroatoms. The lowest BCUT2D eigenvalue weighted by Crippen LogP contribution is -2.32. The molecule has 0 radical (unpaired) electrons. The van der Waals surface area contributed by atoms with Gasteiger partial charge in [0.1, 0.15) is 10.7 Å². The monoisotopic (exact) mass is 283 g/mol. The number of rotatable bonds is 4. The zero-order valence-corrected chi connectivity index (χ0v) is 12.5. The first kappa shape index (κ1) is 14.1. The van der Waals surface area contributed by atoms with Gasteiger partial charge in [0.25, 0.3) is 5.91 Å². The number of thiazole rings is 1. The van der Waals surface area contributed by atoms with E-state index in [0.29, 0.717) is 21.7 Å². The first-order chi connectivity index (χ1) is 9.01. The Morgan fingerprint density at radius 3 is 2.95 bits per heavy atom. The van der Waals surface area contributed by atoms with E-state index in [9.17, 15) is 4.79 Å². The highest BCUT2D eigenvalue weighted by atomic mass is 32.1. The van der Waals surface area contributed by atoms with Gasteiger partial charge in [0, 0.05) is 27.2 Å². The lowest BCUT2D eigenvalue weighted by atomic mass is 10.1. The first-order valence-corrected chi connectivity index (χ1v) is 7.21. The highest BCUT2D eigenvalue weighted by Crippen LogP contribution is 2.26. The van der Waals surface area contributed by atoms with E-state index in [1.807, 2.05) is 7.05 Å². The number of hydrogen-bond acceptors (Lipinski definition) is 6. The van der Waals surface area contributed by atoms with Crippen molar-refractivity contribution in [1.29, 1.82) is 0 Å². The summed E-state index contributed by atoms with van der Waals surface area (Å²) in [5.41, 5.74) is 5.79. The summed E-state index contributed by atoms with van der Waals surface area (Å²) in [6.45, 7) is 2.94. The maximum Gasteiger partial charge on any atom is 0.267 e. The van der Waals surface area contributed by atoms with Crippen molar-refractivity contribution < 1.29 is 4.79 Å². The summed E-state index contributed by atoms with van der Waals surface area (Å²) in [6, 6.07) is 0. The normalized spacial score (nSPS) is 19.6. The molecule has 3 N–H and O–H groups in total. The molecular weight excluding hydrogens is 262 g/mol. The molecule has 0 saturated carbocycles. The smallest absolute Gasteiger partial charge is 0.267 e. The van der Waals surface area contributed by atoms with Crippen LogP contribution in [0.25, 0.3) is 0 Å². The highest BCUT2D eigenvalue weighted by molar-refractivity contribution is 7.18. The summed E-state index contributed by atoms with van der Waals surface area (Å²) >= 11 is 1.31. The molecule has 19 heavy (non-hydrogen) atoms. The van der Waals surface area contributed by atoms with Crippen LogP contribution < -0.4 is 11.1 Å². The Morgan fingerprint density at radius 1 is 1.68 bits per heavy atom. The van der Waals surface area contributed by atoms with E-state index in [1.54, 1.807) is 11.9 Å². The molecule has 0 spiro atoms. The lowest BCUT2D eigenvalue weighted by molar-refractivity contribution is 0.0779. The number of carbonyl (C=O) groups is 1. The molecule has 1 unspecified atom stereocenters. The zero-order chi connectivity index (χ0) is 14.0. The van der Waals surface area contributed by atoms with Crippen LogP contribution in [0.15, 0.2) is 0 Å². The number of anilines is 2. The molecule has 0 aliphatic carbocycles. The molecule has 1 aliphatic rings. The standard InChI is InChI=1S/C12H21N5OS/c1-14-12-15-10(13)9(19-12)11(18)17(3)7-8-4-5-16(2)6-8/h8H,4-7,13H2,1-3H3,(H,14,15). The van der Waals surface area contributed by atoms with Crippen LogP contribution in [0.4, 0.5) is 10.9 Å². The van der Waals surface area contributed by atoms with Crippen LogP contribution in [0.2, 0.25) is 0 Å². The number of nitrogen functional groups attached to an aromatic ring is 1. The molecule has 1 fully saturated rings. The maximum atomic E-state index is 12.3. The minimum absolute atomic E-state index is 0.0361. The van der Waals surface area contributed by atoms with Crippen molar-refractivity contribution in [3.8, 4) is 0 Å². The van der Waals surface area contributed by atoms with Gasteiger partial charge in [-0.3, -0.25) is 4.79 Å². The average Bonchev–Trinajstić information content (AvgIpc) is 2.94. The van der Waals surface area contributed by atoms with Crippen molar-refractivity contribution in [3.63, 3.8) is 0 Å². The quantitative estimate of drug-likeness (QED) is 0.854. The molecule has 106 valence electrons. The van der Waals surface area contributed by atoms with E-state index >= 15 is 0 Å². The van der Waals surface area contributed by atoms with Gasteiger partial charge in [-0.05, 0) is 25.9 Å². The fourth-order valence-corrected chi connectivity index (χ4v) is 3.24. The molecule has 1 aromatic heterocycles. The molecule has 2 rings (SSSR count). The molecule has 1 saturated heterocycles. The summed E-state index contributed by atoms with van der Waals surface area (Å²) in [6.07, 6.45) is 1.15. The van der Waals surface area contributed by atoms with Crippen LogP contribution >= 0.6 is 11.3 Å². The summed E-state index contributed by atoms with van der Waals surface area (Å²) in [5, 5.41) is 3.59. The SMILES string of the molecule is CNc1nc(N)c(C(=O)N(C)CC2CCN(C)C2)s1. The van der Waals surface area contributed by atoms with E-state index in [0.717, 1.165) is 26.1 Å². The molecule has 1 aliphatic heterocycles. The fraction of sp³-hybridized carbons (Fsp3) is 0.667. The van der Waals surface area contributed by atoms with E-state index in [4.69, 9.17) is 5.73 Å². The molecule has 1 atom stereocenters. The van der Waals surface area contributed by atoms with E-state index in [2.05, 4.69) is 22.2 Å². The second-order valence-corrected chi connectivity index (χ2v) is 6.09. The summed E-state index contributed by atoms with van der Waals surface area (Å²) < 4.78 is 0. The Bertz CT molecular complexity index is 461. The van der Waals surface area contributed by atoms with Crippen LogP contribution in [0.1, 0.15) is 16.1 Å². The van der Waals surface area contributed by atoms with Crippen LogP contribution in [-0.4, -0.2) is 61.5 Å². The van der Waals surface area contributed by atoms with Gasteiger partial charge in [0.2, 0.25) is 0 Å². The van der Waals surface area contributed by atoms with Crippen molar-refractivity contribution in [1.82, 2.24) is 14.8 Å². The largest absolute Gasteiger partial charge is 0.382 e. The third-order valence-corrected chi connectivity index (χ3v) is 4.51. The number of nitrogens with two attached hydrogens (primary N) is 1. The Balaban J connectivity index is 2.00. The molecule has 2 heterocycles. The zero-order valence-electron chi connectivity index (χ0n) is 11.6. The van der Waals surface area contributed by atoms with Crippen molar-refractivity contribution in [2.75, 3.05) is 51.8 Å². The van der Waals surface area contributed by atoms with Crippen LogP contribution in [0, 0.1) is 5.92 Å². The number of carbonyl (C=O) groups excluding carboxylic acids is 1. The van der Waals surface area contributed by atoms with Gasteiger partial charge in [0.15, 0.2) is 5.13 Å². The van der Waals surface area contributed by atoms with Crippen molar-refractivity contribution in [2.24, 2.45) is 5.92 Å². The Morgan fingerprint density at radius 2 is 2.42 bits per heavy atom. The highest BCUT2D eigenvalue weighted by Gasteiger charge is 2.25. The summed E-state index contributed by atoms with van der Waals surface area (Å²) in [7, 11) is 5.71. The number of nitrogens with one attached hydrogen (secondary N) is 1. The van der Waals surface area contributed by atoms with Gasteiger partial charge < -0.3 is 20.9 Å². The third kappa shape index (κ3) is 3.16. The van der Waals surface area contributed by atoms with Gasteiger partial charge >= 0.3 is 0 Å². The van der Waals surface area contributed by atoms with Crippen molar-refractivity contribution in [3.05, 3.63) is 4.88 Å². The third-order valence-electron chi connectivity index (χ3n) is 3.43. The van der Waals surface area contributed by atoms with Gasteiger partial charge in [-0.1, -0.05) is 11.3 Å². The van der Waals surface area contributed by atoms with Crippen molar-refractivity contribution >= 4 is 28.2 Å². The second kappa shape index (κ2) is 5.75. The number of likely N-dealkylation sites (tertiary alicyclic amines) is 1. The molecule has 1 amide bonds. The topological polar surface area (TPSA) is 74.5 Å². The van der Waals surface area contributed by atoms with E-state index in [-0.39, 0.29) is 5.91 Å². The summed E-state index contributed by atoms with van der Waals surface area (Å²) in [4.78, 5) is 21.0. The summed E-state index contributed by atoms with van der Waals surface area (Å²) in [5.74, 6) is 0.831. The number of hydrogen-bond donors (Lipinski definition) is 2. The maximum absolute atomic E-state index is 12.3. The predicted molar refractivity (Wildman–Crippen MR) is 78.6 cm³/mol. The van der Waals surface area contributed by atoms with Gasteiger partial charge in [-0.15, -0.1) is 0 Å². The second-order valence-electron chi connectivity index (χ2n) is 5.09. The van der Waals surface area contributed by atoms with Gasteiger partial charge in [-0.25, -0.2) is 4.98 Å². The number of amides is 1. The lowest BCUT2D eigenvalue weighted by Gasteiger charge is -2.20. The minimum Gasteiger partial charge on any atom is -0.382 e. The molecule has 6 nitrogen and oxygen atoms in total. The van der Waals surface area contributed by atoms with E-state index < -0.39 is 0 Å². The minimum atomic E-state index is -0.0361. The number of nitrogens with zero attached hydrogens (tertiary/aromatic N) is 3. The van der Waals surface area contributed by atoms with Crippen LogP contribution in [-0.2, 0) is 0 Å². The average molecular weight is 283 g/mol. The van der Waals surface area contributed by atoms with E-state index in [1.165, 1.54) is 11.3 Å². The first-order valence-electron chi connectivity index (χ1n) is 6.39. The molecule has 0 bridgehead atoms. The molecule has 1 aromatic rings. The van der Waals surface area contributed by atoms with Crippen LogP contribution in [0.3, 0.4) is 0 Å². The van der Waals surface area contributed by atoms with Gasteiger partial charge in [-0.2, -0.15) is 0 Å². The van der Waals surface area contributed by atoms with Crippen molar-refractivity contribution in [2.45, 2.75) is 6.42 Å². The number of aromatic nitrogens is 1. The fourth-order valence-electron chi connectivity index (χ4n) is 2.41. The Kier molecular flexibility index (Phi) is 4.26. The van der Waals surface area contributed by atoms with Gasteiger partial charge in [0.05, 0.1) is 0 Å². The Hall–Kier alpha value is -1.34. The molecule has 0 aromatic carbocycles.